The van der Waals surface area contributed by atoms with E-state index >= 15 is 0 Å². The molecule has 0 fully saturated rings. The maximum Gasteiger partial charge on any atom is 0.270 e. The minimum absolute atomic E-state index is 0.197. The summed E-state index contributed by atoms with van der Waals surface area (Å²) in [6.07, 6.45) is 2.36. The standard InChI is InChI=1S/C24H19ClN4O2/c1-2-18-22(29-14-17(25)9-11-21(29)27-18)23(30)26-13-15-8-10-20-19(12-15)28-24(31-20)16-6-4-3-5-7-16/h3-12,14H,2,13H2,1H3,(H,26,30). The number of pyridine rings is 1. The molecular formula is C24H19ClN4O2. The Morgan fingerprint density at radius 3 is 2.74 bits per heavy atom. The third-order valence-electron chi connectivity index (χ3n) is 5.13. The average molecular weight is 431 g/mol. The second kappa shape index (κ2) is 7.89. The molecule has 0 bridgehead atoms. The lowest BCUT2D eigenvalue weighted by molar-refractivity contribution is 0.0944. The molecule has 7 heteroatoms. The van der Waals surface area contributed by atoms with Crippen molar-refractivity contribution in [2.24, 2.45) is 0 Å². The summed E-state index contributed by atoms with van der Waals surface area (Å²) in [5.74, 6) is 0.379. The molecule has 0 radical (unpaired) electrons. The quantitative estimate of drug-likeness (QED) is 0.411. The van der Waals surface area contributed by atoms with Crippen LogP contribution in [-0.2, 0) is 13.0 Å². The van der Waals surface area contributed by atoms with Crippen molar-refractivity contribution in [3.63, 3.8) is 0 Å². The molecule has 0 spiro atoms. The number of oxazole rings is 1. The number of hydrogen-bond donors (Lipinski definition) is 1. The van der Waals surface area contributed by atoms with Crippen LogP contribution in [0.4, 0.5) is 0 Å². The monoisotopic (exact) mass is 430 g/mol. The molecule has 0 aliphatic carbocycles. The summed E-state index contributed by atoms with van der Waals surface area (Å²) in [5.41, 5.74) is 5.25. The van der Waals surface area contributed by atoms with Gasteiger partial charge in [-0.3, -0.25) is 9.20 Å². The molecule has 2 aromatic carbocycles. The largest absolute Gasteiger partial charge is 0.436 e. The number of halogens is 1. The van der Waals surface area contributed by atoms with Crippen LogP contribution in [0.5, 0.6) is 0 Å². The average Bonchev–Trinajstić information content (AvgIpc) is 3.38. The Hall–Kier alpha value is -3.64. The van der Waals surface area contributed by atoms with Crippen LogP contribution in [0, 0.1) is 0 Å². The summed E-state index contributed by atoms with van der Waals surface area (Å²) in [6, 6.07) is 19.1. The summed E-state index contributed by atoms with van der Waals surface area (Å²) < 4.78 is 7.60. The van der Waals surface area contributed by atoms with E-state index in [1.165, 1.54) is 0 Å². The van der Waals surface area contributed by atoms with Crippen LogP contribution in [0.15, 0.2) is 71.3 Å². The Kier molecular flexibility index (Phi) is 4.92. The number of nitrogens with one attached hydrogen (secondary N) is 1. The minimum Gasteiger partial charge on any atom is -0.436 e. The molecule has 0 saturated heterocycles. The SMILES string of the molecule is CCc1nc2ccc(Cl)cn2c1C(=O)NCc1ccc2oc(-c3ccccc3)nc2c1. The van der Waals surface area contributed by atoms with Gasteiger partial charge in [-0.05, 0) is 48.4 Å². The van der Waals surface area contributed by atoms with Gasteiger partial charge in [-0.2, -0.15) is 0 Å². The fourth-order valence-corrected chi connectivity index (χ4v) is 3.77. The van der Waals surface area contributed by atoms with E-state index in [1.807, 2.05) is 55.5 Å². The van der Waals surface area contributed by atoms with Gasteiger partial charge in [0.2, 0.25) is 5.89 Å². The highest BCUT2D eigenvalue weighted by molar-refractivity contribution is 6.30. The highest BCUT2D eigenvalue weighted by atomic mass is 35.5. The molecule has 5 rings (SSSR count). The van der Waals surface area contributed by atoms with Gasteiger partial charge in [-0.15, -0.1) is 0 Å². The van der Waals surface area contributed by atoms with Crippen LogP contribution in [0.2, 0.25) is 5.02 Å². The first kappa shape index (κ1) is 19.3. The first-order chi connectivity index (χ1) is 15.1. The van der Waals surface area contributed by atoms with Gasteiger partial charge in [0.15, 0.2) is 5.58 Å². The molecule has 5 aromatic rings. The number of aromatic nitrogens is 3. The number of hydrogen-bond acceptors (Lipinski definition) is 4. The predicted molar refractivity (Wildman–Crippen MR) is 120 cm³/mol. The Morgan fingerprint density at radius 2 is 1.94 bits per heavy atom. The van der Waals surface area contributed by atoms with Crippen LogP contribution in [0.25, 0.3) is 28.2 Å². The molecule has 31 heavy (non-hydrogen) atoms. The van der Waals surface area contributed by atoms with Gasteiger partial charge in [0, 0.05) is 18.3 Å². The van der Waals surface area contributed by atoms with Crippen molar-refractivity contribution in [1.29, 1.82) is 0 Å². The van der Waals surface area contributed by atoms with Crippen molar-refractivity contribution in [3.05, 3.63) is 88.8 Å². The smallest absolute Gasteiger partial charge is 0.270 e. The van der Waals surface area contributed by atoms with Crippen molar-refractivity contribution in [2.45, 2.75) is 19.9 Å². The fourth-order valence-electron chi connectivity index (χ4n) is 3.61. The third-order valence-corrected chi connectivity index (χ3v) is 5.35. The van der Waals surface area contributed by atoms with E-state index in [9.17, 15) is 4.79 Å². The van der Waals surface area contributed by atoms with E-state index in [-0.39, 0.29) is 5.91 Å². The van der Waals surface area contributed by atoms with E-state index in [4.69, 9.17) is 16.0 Å². The van der Waals surface area contributed by atoms with E-state index in [0.29, 0.717) is 40.8 Å². The molecule has 0 unspecified atom stereocenters. The maximum absolute atomic E-state index is 13.0. The Bertz CT molecular complexity index is 1410. The van der Waals surface area contributed by atoms with Gasteiger partial charge in [-0.1, -0.05) is 42.8 Å². The molecule has 0 atom stereocenters. The van der Waals surface area contributed by atoms with Crippen molar-refractivity contribution >= 4 is 34.3 Å². The maximum atomic E-state index is 13.0. The fraction of sp³-hybridized carbons (Fsp3) is 0.125. The van der Waals surface area contributed by atoms with Crippen LogP contribution in [0.1, 0.15) is 28.7 Å². The summed E-state index contributed by atoms with van der Waals surface area (Å²) >= 11 is 6.13. The second-order valence-corrected chi connectivity index (χ2v) is 7.64. The Morgan fingerprint density at radius 1 is 1.10 bits per heavy atom. The Labute approximate surface area is 183 Å². The lowest BCUT2D eigenvalue weighted by atomic mass is 10.2. The highest BCUT2D eigenvalue weighted by Crippen LogP contribution is 2.25. The van der Waals surface area contributed by atoms with Crippen LogP contribution in [0.3, 0.4) is 0 Å². The number of rotatable bonds is 5. The van der Waals surface area contributed by atoms with E-state index in [2.05, 4.69) is 15.3 Å². The lowest BCUT2D eigenvalue weighted by Crippen LogP contribution is -2.25. The van der Waals surface area contributed by atoms with Gasteiger partial charge >= 0.3 is 0 Å². The van der Waals surface area contributed by atoms with Crippen molar-refractivity contribution < 1.29 is 9.21 Å². The first-order valence-electron chi connectivity index (χ1n) is 10.0. The summed E-state index contributed by atoms with van der Waals surface area (Å²) in [4.78, 5) is 22.1. The molecule has 6 nitrogen and oxygen atoms in total. The van der Waals surface area contributed by atoms with Crippen molar-refractivity contribution in [2.75, 3.05) is 0 Å². The molecule has 0 saturated carbocycles. The van der Waals surface area contributed by atoms with Gasteiger partial charge in [0.05, 0.1) is 10.7 Å². The number of carbonyl (C=O) groups is 1. The number of carbonyl (C=O) groups excluding carboxylic acids is 1. The van der Waals surface area contributed by atoms with Gasteiger partial charge in [-0.25, -0.2) is 9.97 Å². The molecule has 154 valence electrons. The van der Waals surface area contributed by atoms with Crippen LogP contribution in [-0.4, -0.2) is 20.3 Å². The predicted octanol–water partition coefficient (Wildman–Crippen LogP) is 5.29. The summed E-state index contributed by atoms with van der Waals surface area (Å²) in [7, 11) is 0. The summed E-state index contributed by atoms with van der Waals surface area (Å²) in [5, 5.41) is 3.54. The van der Waals surface area contributed by atoms with Gasteiger partial charge in [0.25, 0.3) is 5.91 Å². The van der Waals surface area contributed by atoms with Crippen LogP contribution >= 0.6 is 11.6 Å². The number of nitrogens with zero attached hydrogens (tertiary/aromatic N) is 3. The highest BCUT2D eigenvalue weighted by Gasteiger charge is 2.18. The zero-order valence-corrected chi connectivity index (χ0v) is 17.6. The van der Waals surface area contributed by atoms with Crippen LogP contribution < -0.4 is 5.32 Å². The molecule has 3 heterocycles. The van der Waals surface area contributed by atoms with E-state index < -0.39 is 0 Å². The number of imidazole rings is 1. The third kappa shape index (κ3) is 3.66. The molecule has 0 aliphatic rings. The molecule has 3 aromatic heterocycles. The number of aryl methyl sites for hydroxylation is 1. The van der Waals surface area contributed by atoms with Crippen molar-refractivity contribution in [3.8, 4) is 11.5 Å². The molecule has 0 aliphatic heterocycles. The minimum atomic E-state index is -0.197. The number of benzene rings is 2. The molecular weight excluding hydrogens is 412 g/mol. The first-order valence-corrected chi connectivity index (χ1v) is 10.4. The van der Waals surface area contributed by atoms with Gasteiger partial charge < -0.3 is 9.73 Å². The summed E-state index contributed by atoms with van der Waals surface area (Å²) in [6.45, 7) is 2.34. The second-order valence-electron chi connectivity index (χ2n) is 7.21. The Balaban J connectivity index is 1.39. The number of fused-ring (bicyclic) bond motifs is 2. The normalized spacial score (nSPS) is 11.3. The van der Waals surface area contributed by atoms with E-state index in [0.717, 1.165) is 22.3 Å². The topological polar surface area (TPSA) is 72.4 Å². The lowest BCUT2D eigenvalue weighted by Gasteiger charge is -2.07. The molecule has 1 N–H and O–H groups in total. The van der Waals surface area contributed by atoms with Gasteiger partial charge in [0.1, 0.15) is 16.9 Å². The number of amides is 1. The zero-order valence-electron chi connectivity index (χ0n) is 16.8. The molecule has 1 amide bonds. The van der Waals surface area contributed by atoms with E-state index in [1.54, 1.807) is 22.7 Å². The zero-order chi connectivity index (χ0) is 21.4. The van der Waals surface area contributed by atoms with Crippen molar-refractivity contribution in [1.82, 2.24) is 19.7 Å².